The molecule has 1 saturated carbocycles. The maximum absolute atomic E-state index is 12.1. The Labute approximate surface area is 124 Å². The lowest BCUT2D eigenvalue weighted by Crippen LogP contribution is -2.25. The molecule has 1 aliphatic carbocycles. The van der Waals surface area contributed by atoms with Crippen LogP contribution in [0.15, 0.2) is 10.3 Å². The highest BCUT2D eigenvalue weighted by molar-refractivity contribution is 7.91. The number of rotatable bonds is 9. The number of sulfonamides is 1. The van der Waals surface area contributed by atoms with Gasteiger partial charge in [0.25, 0.3) is 0 Å². The number of hydrogen-bond acceptors (Lipinski definition) is 5. The molecule has 0 spiro atoms. The molecule has 0 radical (unpaired) electrons. The lowest BCUT2D eigenvalue weighted by atomic mass is 10.3. The van der Waals surface area contributed by atoms with E-state index in [1.165, 1.54) is 24.2 Å². The Bertz CT molecular complexity index is 536. The van der Waals surface area contributed by atoms with Crippen LogP contribution in [-0.2, 0) is 21.3 Å². The van der Waals surface area contributed by atoms with Gasteiger partial charge in [-0.3, -0.25) is 0 Å². The zero-order chi connectivity index (χ0) is 14.6. The van der Waals surface area contributed by atoms with Crippen LogP contribution in [0.3, 0.4) is 0 Å². The largest absolute Gasteiger partial charge is 0.381 e. The summed E-state index contributed by atoms with van der Waals surface area (Å²) < 4.78 is 32.6. The summed E-state index contributed by atoms with van der Waals surface area (Å²) in [6.07, 6.45) is 3.24. The van der Waals surface area contributed by atoms with E-state index in [1.807, 2.05) is 6.92 Å². The van der Waals surface area contributed by atoms with Crippen LogP contribution in [-0.4, -0.2) is 28.2 Å². The molecule has 1 fully saturated rings. The summed E-state index contributed by atoms with van der Waals surface area (Å²) in [7, 11) is -3.41. The fourth-order valence-corrected chi connectivity index (χ4v) is 4.40. The van der Waals surface area contributed by atoms with Gasteiger partial charge >= 0.3 is 0 Å². The molecule has 1 aromatic heterocycles. The van der Waals surface area contributed by atoms with Crippen molar-refractivity contribution in [3.05, 3.63) is 16.5 Å². The summed E-state index contributed by atoms with van der Waals surface area (Å²) in [5.74, 6) is 0.746. The third-order valence-electron chi connectivity index (χ3n) is 3.26. The van der Waals surface area contributed by atoms with E-state index < -0.39 is 10.0 Å². The Balaban J connectivity index is 1.74. The summed E-state index contributed by atoms with van der Waals surface area (Å²) >= 11 is 1.24. The van der Waals surface area contributed by atoms with Crippen molar-refractivity contribution in [2.45, 2.75) is 36.9 Å². The normalized spacial score (nSPS) is 15.7. The number of hydrogen-bond donors (Lipinski definition) is 2. The topological polar surface area (TPSA) is 81.4 Å². The number of ether oxygens (including phenoxy) is 1. The Morgan fingerprint density at radius 2 is 2.25 bits per heavy atom. The molecule has 0 saturated heterocycles. The predicted molar refractivity (Wildman–Crippen MR) is 80.3 cm³/mol. The fraction of sp³-hybridized carbons (Fsp3) is 0.692. The second-order valence-electron chi connectivity index (χ2n) is 5.15. The zero-order valence-electron chi connectivity index (χ0n) is 11.7. The Morgan fingerprint density at radius 3 is 2.85 bits per heavy atom. The van der Waals surface area contributed by atoms with E-state index in [-0.39, 0.29) is 0 Å². The molecule has 0 aromatic carbocycles. The Kier molecular flexibility index (Phi) is 5.57. The maximum Gasteiger partial charge on any atom is 0.250 e. The Hall–Kier alpha value is -0.470. The van der Waals surface area contributed by atoms with Gasteiger partial charge < -0.3 is 10.5 Å². The minimum Gasteiger partial charge on any atom is -0.381 e. The smallest absolute Gasteiger partial charge is 0.250 e. The number of nitrogens with one attached hydrogen (secondary N) is 1. The molecule has 0 unspecified atom stereocenters. The first-order chi connectivity index (χ1) is 9.53. The highest BCUT2D eigenvalue weighted by Gasteiger charge is 2.21. The highest BCUT2D eigenvalue weighted by Crippen LogP contribution is 2.28. The summed E-state index contributed by atoms with van der Waals surface area (Å²) in [5.41, 5.74) is 6.51. The summed E-state index contributed by atoms with van der Waals surface area (Å²) in [5, 5.41) is 0. The minimum atomic E-state index is -3.41. The second-order valence-corrected chi connectivity index (χ2v) is 8.28. The van der Waals surface area contributed by atoms with Gasteiger partial charge in [-0.25, -0.2) is 13.1 Å². The lowest BCUT2D eigenvalue weighted by molar-refractivity contribution is 0.123. The molecule has 1 aliphatic rings. The minimum absolute atomic E-state index is 0.342. The van der Waals surface area contributed by atoms with Crippen LogP contribution < -0.4 is 10.5 Å². The van der Waals surface area contributed by atoms with Gasteiger partial charge in [-0.05, 0) is 43.7 Å². The van der Waals surface area contributed by atoms with E-state index in [4.69, 9.17) is 10.5 Å². The molecule has 5 nitrogen and oxygen atoms in total. The van der Waals surface area contributed by atoms with Crippen LogP contribution >= 0.6 is 11.3 Å². The van der Waals surface area contributed by atoms with Crippen LogP contribution in [0.5, 0.6) is 0 Å². The van der Waals surface area contributed by atoms with Crippen LogP contribution in [0.2, 0.25) is 0 Å². The first-order valence-electron chi connectivity index (χ1n) is 6.89. The first-order valence-corrected chi connectivity index (χ1v) is 9.19. The van der Waals surface area contributed by atoms with Crippen LogP contribution in [0.4, 0.5) is 0 Å². The molecule has 1 aromatic rings. The van der Waals surface area contributed by atoms with E-state index >= 15 is 0 Å². The molecular formula is C13H22N2O3S2. The third kappa shape index (κ3) is 4.53. The molecule has 0 amide bonds. The van der Waals surface area contributed by atoms with E-state index in [1.54, 1.807) is 6.07 Å². The predicted octanol–water partition coefficient (Wildman–Crippen LogP) is 1.61. The maximum atomic E-state index is 12.1. The molecular weight excluding hydrogens is 296 g/mol. The van der Waals surface area contributed by atoms with Crippen molar-refractivity contribution >= 4 is 21.4 Å². The standard InChI is InChI=1S/C13H22N2O3S2/c1-10-7-13(19-12(10)8-14)20(16,17)15-5-2-6-18-9-11-3-4-11/h7,11,15H,2-6,8-9,14H2,1H3. The van der Waals surface area contributed by atoms with Gasteiger partial charge in [-0.15, -0.1) is 11.3 Å². The summed E-state index contributed by atoms with van der Waals surface area (Å²) in [4.78, 5) is 0.915. The molecule has 7 heteroatoms. The van der Waals surface area contributed by atoms with E-state index in [0.717, 1.165) is 23.0 Å². The summed E-state index contributed by atoms with van der Waals surface area (Å²) in [6, 6.07) is 1.68. The van der Waals surface area contributed by atoms with E-state index in [0.29, 0.717) is 30.3 Å². The van der Waals surface area contributed by atoms with Gasteiger partial charge in [0.2, 0.25) is 10.0 Å². The number of nitrogens with two attached hydrogens (primary N) is 1. The van der Waals surface area contributed by atoms with Crippen molar-refractivity contribution in [1.29, 1.82) is 0 Å². The molecule has 20 heavy (non-hydrogen) atoms. The molecule has 0 bridgehead atoms. The van der Waals surface area contributed by atoms with Crippen LogP contribution in [0.1, 0.15) is 29.7 Å². The third-order valence-corrected chi connectivity index (χ3v) is 6.45. The molecule has 114 valence electrons. The Morgan fingerprint density at radius 1 is 1.50 bits per heavy atom. The summed E-state index contributed by atoms with van der Waals surface area (Å²) in [6.45, 7) is 4.08. The van der Waals surface area contributed by atoms with Gasteiger partial charge in [0.05, 0.1) is 0 Å². The number of aryl methyl sites for hydroxylation is 1. The SMILES string of the molecule is Cc1cc(S(=O)(=O)NCCCOCC2CC2)sc1CN. The van der Waals surface area contributed by atoms with Crippen LogP contribution in [0.25, 0.3) is 0 Å². The van der Waals surface area contributed by atoms with Crippen molar-refractivity contribution < 1.29 is 13.2 Å². The fourth-order valence-electron chi connectivity index (χ4n) is 1.81. The van der Waals surface area contributed by atoms with Crippen molar-refractivity contribution in [1.82, 2.24) is 4.72 Å². The quantitative estimate of drug-likeness (QED) is 0.678. The van der Waals surface area contributed by atoms with Gasteiger partial charge in [-0.1, -0.05) is 0 Å². The van der Waals surface area contributed by atoms with Gasteiger partial charge in [-0.2, -0.15) is 0 Å². The van der Waals surface area contributed by atoms with Crippen LogP contribution in [0, 0.1) is 12.8 Å². The van der Waals surface area contributed by atoms with Gasteiger partial charge in [0.1, 0.15) is 4.21 Å². The van der Waals surface area contributed by atoms with Crippen molar-refractivity contribution in [2.24, 2.45) is 11.7 Å². The molecule has 1 heterocycles. The lowest BCUT2D eigenvalue weighted by Gasteiger charge is -2.05. The highest BCUT2D eigenvalue weighted by atomic mass is 32.2. The van der Waals surface area contributed by atoms with Crippen molar-refractivity contribution in [3.63, 3.8) is 0 Å². The molecule has 2 rings (SSSR count). The molecule has 3 N–H and O–H groups in total. The van der Waals surface area contributed by atoms with E-state index in [2.05, 4.69) is 4.72 Å². The molecule has 0 atom stereocenters. The van der Waals surface area contributed by atoms with Gasteiger partial charge in [0.15, 0.2) is 0 Å². The second kappa shape index (κ2) is 7.00. The zero-order valence-corrected chi connectivity index (χ0v) is 13.4. The number of thiophene rings is 1. The van der Waals surface area contributed by atoms with Gasteiger partial charge in [0, 0.05) is 31.2 Å². The monoisotopic (exact) mass is 318 g/mol. The van der Waals surface area contributed by atoms with Crippen molar-refractivity contribution in [2.75, 3.05) is 19.8 Å². The van der Waals surface area contributed by atoms with Crippen molar-refractivity contribution in [3.8, 4) is 0 Å². The average Bonchev–Trinajstić information content (AvgIpc) is 3.14. The van der Waals surface area contributed by atoms with E-state index in [9.17, 15) is 8.42 Å². The average molecular weight is 318 g/mol. The first kappa shape index (κ1) is 15.9. The molecule has 0 aliphatic heterocycles.